The minimum absolute atomic E-state index is 0.154. The molecule has 1 aromatic heterocycles. The highest BCUT2D eigenvalue weighted by molar-refractivity contribution is 5.93. The monoisotopic (exact) mass is 208 g/mol. The first-order chi connectivity index (χ1) is 7.27. The summed E-state index contributed by atoms with van der Waals surface area (Å²) in [5, 5.41) is 2.79. The van der Waals surface area contributed by atoms with E-state index in [1.165, 1.54) is 0 Å². The molecule has 15 heavy (non-hydrogen) atoms. The van der Waals surface area contributed by atoms with Crippen LogP contribution in [0.25, 0.3) is 0 Å². The third-order valence-electron chi connectivity index (χ3n) is 2.15. The summed E-state index contributed by atoms with van der Waals surface area (Å²) in [6, 6.07) is 3.20. The molecule has 4 nitrogen and oxygen atoms in total. The second-order valence-corrected chi connectivity index (χ2v) is 3.41. The fraction of sp³-hybridized carbons (Fsp3) is 0.455. The number of hydrogen-bond acceptors (Lipinski definition) is 2. The van der Waals surface area contributed by atoms with Gasteiger partial charge in [-0.3, -0.25) is 9.59 Å². The lowest BCUT2D eigenvalue weighted by molar-refractivity contribution is 0.0948. The smallest absolute Gasteiger partial charge is 0.267 e. The maximum Gasteiger partial charge on any atom is 0.267 e. The molecule has 0 bridgehead atoms. The van der Waals surface area contributed by atoms with Gasteiger partial charge in [-0.15, -0.1) is 0 Å². The van der Waals surface area contributed by atoms with Gasteiger partial charge in [0.25, 0.3) is 5.91 Å². The van der Waals surface area contributed by atoms with Gasteiger partial charge in [-0.1, -0.05) is 19.8 Å². The minimum atomic E-state index is -0.154. The van der Waals surface area contributed by atoms with Gasteiger partial charge < -0.3 is 10.3 Å². The first-order valence-corrected chi connectivity index (χ1v) is 5.20. The quantitative estimate of drug-likeness (QED) is 0.552. The van der Waals surface area contributed by atoms with Crippen molar-refractivity contribution in [2.75, 3.05) is 6.54 Å². The molecular weight excluding hydrogens is 192 g/mol. The molecule has 0 aromatic carbocycles. The third kappa shape index (κ3) is 3.58. The van der Waals surface area contributed by atoms with Crippen LogP contribution in [0.1, 0.15) is 47.2 Å². The molecule has 0 fully saturated rings. The van der Waals surface area contributed by atoms with Crippen LogP contribution in [-0.2, 0) is 0 Å². The zero-order chi connectivity index (χ0) is 11.1. The zero-order valence-electron chi connectivity index (χ0n) is 8.88. The van der Waals surface area contributed by atoms with Gasteiger partial charge in [-0.05, 0) is 18.6 Å². The van der Waals surface area contributed by atoms with Crippen molar-refractivity contribution in [2.24, 2.45) is 0 Å². The molecule has 1 rings (SSSR count). The van der Waals surface area contributed by atoms with Crippen LogP contribution in [-0.4, -0.2) is 23.7 Å². The predicted molar refractivity (Wildman–Crippen MR) is 58.0 cm³/mol. The minimum Gasteiger partial charge on any atom is -0.351 e. The number of nitrogens with one attached hydrogen (secondary N) is 2. The molecule has 0 spiro atoms. The van der Waals surface area contributed by atoms with Crippen molar-refractivity contribution in [1.82, 2.24) is 10.3 Å². The zero-order valence-corrected chi connectivity index (χ0v) is 8.88. The SMILES string of the molecule is CCCCCNC(=O)c1ccc(C=O)[nH]1. The third-order valence-corrected chi connectivity index (χ3v) is 2.15. The average molecular weight is 208 g/mol. The van der Waals surface area contributed by atoms with Gasteiger partial charge in [0.1, 0.15) is 5.69 Å². The number of rotatable bonds is 6. The summed E-state index contributed by atoms with van der Waals surface area (Å²) in [6.45, 7) is 2.80. The standard InChI is InChI=1S/C11H16N2O2/c1-2-3-4-7-12-11(15)10-6-5-9(8-14)13-10/h5-6,8,13H,2-4,7H2,1H3,(H,12,15). The van der Waals surface area contributed by atoms with Crippen molar-refractivity contribution < 1.29 is 9.59 Å². The van der Waals surface area contributed by atoms with E-state index in [1.54, 1.807) is 12.1 Å². The number of H-pyrrole nitrogens is 1. The number of aromatic nitrogens is 1. The Kier molecular flexibility index (Phi) is 4.60. The van der Waals surface area contributed by atoms with Crippen LogP contribution in [0.2, 0.25) is 0 Å². The van der Waals surface area contributed by atoms with Crippen molar-refractivity contribution in [1.29, 1.82) is 0 Å². The van der Waals surface area contributed by atoms with E-state index in [0.717, 1.165) is 19.3 Å². The van der Waals surface area contributed by atoms with E-state index in [0.29, 0.717) is 24.2 Å². The van der Waals surface area contributed by atoms with E-state index >= 15 is 0 Å². The van der Waals surface area contributed by atoms with Gasteiger partial charge in [-0.25, -0.2) is 0 Å². The molecule has 82 valence electrons. The van der Waals surface area contributed by atoms with Crippen LogP contribution < -0.4 is 5.32 Å². The van der Waals surface area contributed by atoms with E-state index < -0.39 is 0 Å². The second kappa shape index (κ2) is 6.01. The van der Waals surface area contributed by atoms with Crippen molar-refractivity contribution in [2.45, 2.75) is 26.2 Å². The Morgan fingerprint density at radius 1 is 1.47 bits per heavy atom. The van der Waals surface area contributed by atoms with Crippen molar-refractivity contribution >= 4 is 12.2 Å². The first kappa shape index (κ1) is 11.5. The Balaban J connectivity index is 2.36. The summed E-state index contributed by atoms with van der Waals surface area (Å²) in [4.78, 5) is 24.6. The number of aldehydes is 1. The fourth-order valence-corrected chi connectivity index (χ4v) is 1.29. The van der Waals surface area contributed by atoms with Crippen LogP contribution in [0, 0.1) is 0 Å². The van der Waals surface area contributed by atoms with Crippen LogP contribution >= 0.6 is 0 Å². The summed E-state index contributed by atoms with van der Waals surface area (Å²) in [6.07, 6.45) is 3.93. The van der Waals surface area contributed by atoms with Crippen LogP contribution in [0.15, 0.2) is 12.1 Å². The van der Waals surface area contributed by atoms with Crippen molar-refractivity contribution in [3.63, 3.8) is 0 Å². The number of carbonyl (C=O) groups excluding carboxylic acids is 2. The molecule has 0 saturated carbocycles. The maximum absolute atomic E-state index is 11.5. The molecule has 1 amide bonds. The van der Waals surface area contributed by atoms with Crippen molar-refractivity contribution in [3.8, 4) is 0 Å². The Hall–Kier alpha value is -1.58. The van der Waals surface area contributed by atoms with E-state index in [-0.39, 0.29) is 5.91 Å². The van der Waals surface area contributed by atoms with Gasteiger partial charge in [0.05, 0.1) is 5.69 Å². The predicted octanol–water partition coefficient (Wildman–Crippen LogP) is 1.75. The Bertz CT molecular complexity index is 331. The molecule has 4 heteroatoms. The number of amides is 1. The normalized spacial score (nSPS) is 9.93. The molecule has 0 radical (unpaired) electrons. The van der Waals surface area contributed by atoms with Crippen molar-refractivity contribution in [3.05, 3.63) is 23.5 Å². The Morgan fingerprint density at radius 2 is 2.27 bits per heavy atom. The molecule has 1 aromatic rings. The van der Waals surface area contributed by atoms with Gasteiger partial charge in [-0.2, -0.15) is 0 Å². The molecule has 0 atom stereocenters. The number of hydrogen-bond donors (Lipinski definition) is 2. The molecule has 0 saturated heterocycles. The van der Waals surface area contributed by atoms with Crippen LogP contribution in [0.5, 0.6) is 0 Å². The van der Waals surface area contributed by atoms with E-state index in [1.807, 2.05) is 0 Å². The number of aromatic amines is 1. The summed E-state index contributed by atoms with van der Waals surface area (Å²) >= 11 is 0. The molecule has 0 unspecified atom stereocenters. The summed E-state index contributed by atoms with van der Waals surface area (Å²) in [5.74, 6) is -0.154. The molecule has 2 N–H and O–H groups in total. The van der Waals surface area contributed by atoms with Gasteiger partial charge >= 0.3 is 0 Å². The Morgan fingerprint density at radius 3 is 2.87 bits per heavy atom. The van der Waals surface area contributed by atoms with Gasteiger partial charge in [0.15, 0.2) is 6.29 Å². The lowest BCUT2D eigenvalue weighted by Gasteiger charge is -2.02. The molecule has 0 aliphatic heterocycles. The van der Waals surface area contributed by atoms with E-state index in [4.69, 9.17) is 0 Å². The lowest BCUT2D eigenvalue weighted by Crippen LogP contribution is -2.24. The lowest BCUT2D eigenvalue weighted by atomic mass is 10.2. The van der Waals surface area contributed by atoms with E-state index in [9.17, 15) is 9.59 Å². The van der Waals surface area contributed by atoms with Crippen LogP contribution in [0.3, 0.4) is 0 Å². The summed E-state index contributed by atoms with van der Waals surface area (Å²) in [5.41, 5.74) is 0.863. The van der Waals surface area contributed by atoms with E-state index in [2.05, 4.69) is 17.2 Å². The number of carbonyl (C=O) groups is 2. The average Bonchev–Trinajstić information content (AvgIpc) is 2.72. The summed E-state index contributed by atoms with van der Waals surface area (Å²) in [7, 11) is 0. The molecular formula is C11H16N2O2. The highest BCUT2D eigenvalue weighted by Gasteiger charge is 2.06. The second-order valence-electron chi connectivity index (χ2n) is 3.41. The largest absolute Gasteiger partial charge is 0.351 e. The summed E-state index contributed by atoms with van der Waals surface area (Å²) < 4.78 is 0. The maximum atomic E-state index is 11.5. The highest BCUT2D eigenvalue weighted by atomic mass is 16.2. The Labute approximate surface area is 89.1 Å². The molecule has 1 heterocycles. The van der Waals surface area contributed by atoms with Gasteiger partial charge in [0, 0.05) is 6.54 Å². The number of unbranched alkanes of at least 4 members (excludes halogenated alkanes) is 2. The fourth-order valence-electron chi connectivity index (χ4n) is 1.29. The van der Waals surface area contributed by atoms with Crippen LogP contribution in [0.4, 0.5) is 0 Å². The topological polar surface area (TPSA) is 62.0 Å². The molecule has 0 aliphatic carbocycles. The van der Waals surface area contributed by atoms with Gasteiger partial charge in [0.2, 0.25) is 0 Å². The molecule has 0 aliphatic rings. The first-order valence-electron chi connectivity index (χ1n) is 5.20. The highest BCUT2D eigenvalue weighted by Crippen LogP contribution is 1.99.